The summed E-state index contributed by atoms with van der Waals surface area (Å²) in [6.45, 7) is 0.257. The van der Waals surface area contributed by atoms with Gasteiger partial charge in [0, 0.05) is 21.7 Å². The fraction of sp³-hybridized carbons (Fsp3) is 0.438. The first-order valence-electron chi connectivity index (χ1n) is 8.31. The molecule has 0 radical (unpaired) electrons. The number of aromatic nitrogens is 2. The van der Waals surface area contributed by atoms with Crippen molar-refractivity contribution < 1.29 is 23.2 Å². The molecule has 11 heteroatoms. The molecule has 0 saturated carbocycles. The van der Waals surface area contributed by atoms with Gasteiger partial charge < -0.3 is 4.74 Å². The van der Waals surface area contributed by atoms with Crippen LogP contribution in [-0.2, 0) is 16.1 Å². The van der Waals surface area contributed by atoms with Gasteiger partial charge in [0.1, 0.15) is 5.82 Å². The first-order valence-corrected chi connectivity index (χ1v) is 10.4. The standard InChI is InChI=1S/C16H20FN5O4S/c1-27(18,24)7-3-2-6-25-16-14(21-26-22-16)15(20-23)19-13-8-10-4-5-11(17)9-12(10)13/h4-5,9,13,18,23H,2-3,6-8H2,1H3,(H,19,20)/t13-,27+/m0/s1. The number of nitrogens with one attached hydrogen (secondary N) is 2. The lowest BCUT2D eigenvalue weighted by Gasteiger charge is -2.27. The monoisotopic (exact) mass is 397 g/mol. The van der Waals surface area contributed by atoms with E-state index in [0.29, 0.717) is 25.0 Å². The predicted molar refractivity (Wildman–Crippen MR) is 95.0 cm³/mol. The molecule has 27 heavy (non-hydrogen) atoms. The molecular formula is C16H20FN5O4S. The van der Waals surface area contributed by atoms with E-state index in [2.05, 4.69) is 19.9 Å². The van der Waals surface area contributed by atoms with Crippen molar-refractivity contribution in [1.82, 2.24) is 15.8 Å². The number of ether oxygens (including phenoxy) is 1. The van der Waals surface area contributed by atoms with E-state index in [1.165, 1.54) is 18.4 Å². The summed E-state index contributed by atoms with van der Waals surface area (Å²) >= 11 is 0. The summed E-state index contributed by atoms with van der Waals surface area (Å²) in [7, 11) is -2.51. The largest absolute Gasteiger partial charge is 0.474 e. The number of hydroxylamine groups is 1. The minimum atomic E-state index is -2.51. The number of rotatable bonds is 8. The van der Waals surface area contributed by atoms with Gasteiger partial charge >= 0.3 is 0 Å². The molecule has 0 bridgehead atoms. The number of unbranched alkanes of at least 4 members (excludes halogenated alkanes) is 1. The van der Waals surface area contributed by atoms with E-state index >= 15 is 0 Å². The minimum Gasteiger partial charge on any atom is -0.474 e. The second kappa shape index (κ2) is 8.01. The topological polar surface area (TPSA) is 134 Å². The minimum absolute atomic E-state index is 0.00824. The Labute approximate surface area is 155 Å². The Bertz CT molecular complexity index is 944. The average Bonchev–Trinajstić information content (AvgIpc) is 3.05. The Morgan fingerprint density at radius 3 is 3.07 bits per heavy atom. The summed E-state index contributed by atoms with van der Waals surface area (Å²) in [4.78, 5) is 4.35. The number of benzene rings is 1. The summed E-state index contributed by atoms with van der Waals surface area (Å²) in [5.74, 6) is 0.0112. The zero-order valence-electron chi connectivity index (χ0n) is 14.6. The number of amidine groups is 1. The summed E-state index contributed by atoms with van der Waals surface area (Å²) in [6.07, 6.45) is 3.16. The second-order valence-electron chi connectivity index (χ2n) is 6.34. The third-order valence-corrected chi connectivity index (χ3v) is 5.19. The summed E-state index contributed by atoms with van der Waals surface area (Å²) in [5, 5.41) is 16.8. The SMILES string of the molecule is C[S@@](=N)(=O)CCCCOc1nonc1C(=N[C@H]1Cc2ccc(F)cc21)NO. The smallest absolute Gasteiger partial charge is 0.287 e. The van der Waals surface area contributed by atoms with Gasteiger partial charge in [-0.15, -0.1) is 0 Å². The molecule has 1 aromatic heterocycles. The lowest BCUT2D eigenvalue weighted by Crippen LogP contribution is -2.25. The van der Waals surface area contributed by atoms with Crippen LogP contribution in [0.15, 0.2) is 27.8 Å². The highest BCUT2D eigenvalue weighted by Crippen LogP contribution is 2.37. The fourth-order valence-corrected chi connectivity index (χ4v) is 3.49. The lowest BCUT2D eigenvalue weighted by molar-refractivity contribution is 0.232. The van der Waals surface area contributed by atoms with Gasteiger partial charge in [0.15, 0.2) is 5.84 Å². The Kier molecular flexibility index (Phi) is 5.71. The van der Waals surface area contributed by atoms with Crippen LogP contribution in [0.5, 0.6) is 5.88 Å². The van der Waals surface area contributed by atoms with Crippen molar-refractivity contribution in [3.63, 3.8) is 0 Å². The molecule has 9 nitrogen and oxygen atoms in total. The number of fused-ring (bicyclic) bond motifs is 1. The normalized spacial score (nSPS) is 18.3. The highest BCUT2D eigenvalue weighted by Gasteiger charge is 2.28. The Hall–Kier alpha value is -2.53. The number of hydrogen-bond donors (Lipinski definition) is 3. The second-order valence-corrected chi connectivity index (χ2v) is 8.75. The van der Waals surface area contributed by atoms with Crippen molar-refractivity contribution in [1.29, 1.82) is 4.78 Å². The van der Waals surface area contributed by atoms with E-state index in [9.17, 15) is 13.8 Å². The molecule has 0 aliphatic heterocycles. The summed E-state index contributed by atoms with van der Waals surface area (Å²) < 4.78 is 42.2. The van der Waals surface area contributed by atoms with Crippen LogP contribution >= 0.6 is 0 Å². The van der Waals surface area contributed by atoms with Crippen molar-refractivity contribution in [2.75, 3.05) is 18.6 Å². The molecule has 1 heterocycles. The molecule has 146 valence electrons. The van der Waals surface area contributed by atoms with E-state index in [1.807, 2.05) is 5.48 Å². The number of aliphatic imine (C=N–C) groups is 1. The molecule has 0 saturated heterocycles. The first kappa shape index (κ1) is 19.2. The number of nitrogens with zero attached hydrogens (tertiary/aromatic N) is 3. The van der Waals surface area contributed by atoms with Gasteiger partial charge in [-0.2, -0.15) is 0 Å². The molecule has 0 spiro atoms. The highest BCUT2D eigenvalue weighted by atomic mass is 32.2. The maximum Gasteiger partial charge on any atom is 0.287 e. The highest BCUT2D eigenvalue weighted by molar-refractivity contribution is 7.91. The van der Waals surface area contributed by atoms with E-state index < -0.39 is 9.73 Å². The van der Waals surface area contributed by atoms with Crippen molar-refractivity contribution in [2.45, 2.75) is 25.3 Å². The van der Waals surface area contributed by atoms with E-state index in [0.717, 1.165) is 11.1 Å². The van der Waals surface area contributed by atoms with Crippen LogP contribution in [0.1, 0.15) is 35.7 Å². The van der Waals surface area contributed by atoms with Gasteiger partial charge in [-0.25, -0.2) is 9.02 Å². The van der Waals surface area contributed by atoms with Crippen LogP contribution < -0.4 is 10.2 Å². The molecule has 1 aliphatic rings. The number of hydrogen-bond acceptors (Lipinski definition) is 8. The Morgan fingerprint density at radius 2 is 2.33 bits per heavy atom. The van der Waals surface area contributed by atoms with E-state index in [1.54, 1.807) is 6.07 Å². The molecule has 2 aromatic rings. The maximum atomic E-state index is 13.4. The summed E-state index contributed by atoms with van der Waals surface area (Å²) in [6, 6.07) is 4.21. The molecule has 0 unspecified atom stereocenters. The molecule has 1 aliphatic carbocycles. The summed E-state index contributed by atoms with van der Waals surface area (Å²) in [5.41, 5.74) is 3.81. The maximum absolute atomic E-state index is 13.4. The van der Waals surface area contributed by atoms with Gasteiger partial charge in [-0.3, -0.25) is 24.7 Å². The average molecular weight is 397 g/mol. The molecule has 0 fully saturated rings. The van der Waals surface area contributed by atoms with Crippen molar-refractivity contribution in [2.24, 2.45) is 4.99 Å². The lowest BCUT2D eigenvalue weighted by atomic mass is 9.83. The van der Waals surface area contributed by atoms with Crippen LogP contribution in [0.3, 0.4) is 0 Å². The predicted octanol–water partition coefficient (Wildman–Crippen LogP) is 2.07. The van der Waals surface area contributed by atoms with Crippen LogP contribution in [0.25, 0.3) is 0 Å². The first-order chi connectivity index (χ1) is 12.9. The van der Waals surface area contributed by atoms with Gasteiger partial charge in [-0.05, 0) is 52.8 Å². The molecule has 3 N–H and O–H groups in total. The van der Waals surface area contributed by atoms with Gasteiger partial charge in [0.25, 0.3) is 5.88 Å². The zero-order valence-corrected chi connectivity index (χ0v) is 15.5. The van der Waals surface area contributed by atoms with E-state index in [-0.39, 0.29) is 35.9 Å². The van der Waals surface area contributed by atoms with Crippen LogP contribution in [0, 0.1) is 10.6 Å². The molecular weight excluding hydrogens is 377 g/mol. The zero-order chi connectivity index (χ0) is 19.4. The van der Waals surface area contributed by atoms with Crippen molar-refractivity contribution in [3.8, 4) is 5.88 Å². The molecule has 2 atom stereocenters. The third-order valence-electron chi connectivity index (χ3n) is 4.12. The van der Waals surface area contributed by atoms with Crippen LogP contribution in [0.2, 0.25) is 0 Å². The van der Waals surface area contributed by atoms with Crippen molar-refractivity contribution in [3.05, 3.63) is 40.8 Å². The van der Waals surface area contributed by atoms with Crippen LogP contribution in [0.4, 0.5) is 4.39 Å². The van der Waals surface area contributed by atoms with Gasteiger partial charge in [0.05, 0.1) is 12.6 Å². The molecule has 3 rings (SSSR count). The molecule has 1 aromatic carbocycles. The Morgan fingerprint density at radius 1 is 1.52 bits per heavy atom. The molecule has 0 amide bonds. The van der Waals surface area contributed by atoms with Gasteiger partial charge in [0.2, 0.25) is 5.69 Å². The van der Waals surface area contributed by atoms with Gasteiger partial charge in [-0.1, -0.05) is 6.07 Å². The fourth-order valence-electron chi connectivity index (χ4n) is 2.73. The Balaban J connectivity index is 1.64. The number of halogens is 1. The van der Waals surface area contributed by atoms with Crippen molar-refractivity contribution >= 4 is 15.6 Å². The van der Waals surface area contributed by atoms with E-state index in [4.69, 9.17) is 9.52 Å². The van der Waals surface area contributed by atoms with Crippen LogP contribution in [-0.4, -0.2) is 44.2 Å². The third kappa shape index (κ3) is 4.80. The quantitative estimate of drug-likeness (QED) is 0.269.